The Hall–Kier alpha value is -1.23. The van der Waals surface area contributed by atoms with Gasteiger partial charge in [0.2, 0.25) is 0 Å². The summed E-state index contributed by atoms with van der Waals surface area (Å²) in [6.45, 7) is 4.33. The van der Waals surface area contributed by atoms with Crippen LogP contribution in [0, 0.1) is 0 Å². The number of aromatic nitrogens is 2. The maximum Gasteiger partial charge on any atom is 0.144 e. The molecule has 2 rings (SSSR count). The van der Waals surface area contributed by atoms with E-state index in [4.69, 9.17) is 27.9 Å². The van der Waals surface area contributed by atoms with Crippen LogP contribution in [0.5, 0.6) is 5.75 Å². The smallest absolute Gasteiger partial charge is 0.144 e. The van der Waals surface area contributed by atoms with Crippen molar-refractivity contribution in [3.63, 3.8) is 0 Å². The third-order valence-electron chi connectivity index (χ3n) is 3.33. The standard InChI is InChI=1S/C15H18Cl2N2O2/c1-3-10(2)19-5-4-13(18-19)9-21-15-11(8-20)6-12(16)7-14(15)17/h4-7,10,20H,3,8-9H2,1-2H3. The third-order valence-corrected chi connectivity index (χ3v) is 3.82. The molecule has 0 aliphatic heterocycles. The van der Waals surface area contributed by atoms with Crippen molar-refractivity contribution in [3.8, 4) is 5.75 Å². The minimum Gasteiger partial charge on any atom is -0.485 e. The monoisotopic (exact) mass is 328 g/mol. The van der Waals surface area contributed by atoms with E-state index < -0.39 is 0 Å². The minimum absolute atomic E-state index is 0.184. The number of aliphatic hydroxyl groups is 1. The molecule has 0 aliphatic carbocycles. The van der Waals surface area contributed by atoms with Crippen LogP contribution in [-0.4, -0.2) is 14.9 Å². The summed E-state index contributed by atoms with van der Waals surface area (Å²) in [5.41, 5.74) is 1.37. The zero-order chi connectivity index (χ0) is 15.4. The summed E-state index contributed by atoms with van der Waals surface area (Å²) in [6, 6.07) is 5.50. The molecule has 0 aliphatic rings. The maximum atomic E-state index is 9.36. The first kappa shape index (κ1) is 16.1. The lowest BCUT2D eigenvalue weighted by atomic mass is 10.2. The van der Waals surface area contributed by atoms with Gasteiger partial charge in [-0.05, 0) is 31.5 Å². The second-order valence-corrected chi connectivity index (χ2v) is 5.71. The SMILES string of the molecule is CCC(C)n1ccc(COc2c(Cl)cc(Cl)cc2CO)n1. The minimum atomic E-state index is -0.184. The van der Waals surface area contributed by atoms with Gasteiger partial charge in [-0.1, -0.05) is 30.1 Å². The van der Waals surface area contributed by atoms with E-state index in [0.29, 0.717) is 27.4 Å². The molecule has 0 fully saturated rings. The molecule has 0 amide bonds. The number of halogens is 2. The number of rotatable bonds is 6. The first-order valence-corrected chi connectivity index (χ1v) is 7.56. The van der Waals surface area contributed by atoms with E-state index in [1.807, 2.05) is 16.9 Å². The van der Waals surface area contributed by atoms with Crippen LogP contribution in [0.1, 0.15) is 37.6 Å². The van der Waals surface area contributed by atoms with Gasteiger partial charge in [-0.3, -0.25) is 4.68 Å². The van der Waals surface area contributed by atoms with Gasteiger partial charge in [-0.15, -0.1) is 0 Å². The fraction of sp³-hybridized carbons (Fsp3) is 0.400. The Kier molecular flexibility index (Phi) is 5.51. The number of nitrogens with zero attached hydrogens (tertiary/aromatic N) is 2. The Morgan fingerprint density at radius 3 is 2.81 bits per heavy atom. The van der Waals surface area contributed by atoms with E-state index in [9.17, 15) is 5.11 Å². The van der Waals surface area contributed by atoms with Gasteiger partial charge in [0.15, 0.2) is 0 Å². The summed E-state index contributed by atoms with van der Waals surface area (Å²) < 4.78 is 7.61. The van der Waals surface area contributed by atoms with Crippen LogP contribution in [0.25, 0.3) is 0 Å². The van der Waals surface area contributed by atoms with Gasteiger partial charge in [-0.25, -0.2) is 0 Å². The molecule has 4 nitrogen and oxygen atoms in total. The highest BCUT2D eigenvalue weighted by Gasteiger charge is 2.12. The first-order chi connectivity index (χ1) is 10.0. The fourth-order valence-corrected chi connectivity index (χ4v) is 2.52. The fourth-order valence-electron chi connectivity index (χ4n) is 1.93. The zero-order valence-corrected chi connectivity index (χ0v) is 13.5. The molecule has 114 valence electrons. The van der Waals surface area contributed by atoms with Gasteiger partial charge >= 0.3 is 0 Å². The highest BCUT2D eigenvalue weighted by Crippen LogP contribution is 2.33. The lowest BCUT2D eigenvalue weighted by Crippen LogP contribution is -2.06. The average molecular weight is 329 g/mol. The van der Waals surface area contributed by atoms with E-state index in [1.54, 1.807) is 12.1 Å². The average Bonchev–Trinajstić information content (AvgIpc) is 2.93. The molecular formula is C15H18Cl2N2O2. The van der Waals surface area contributed by atoms with Gasteiger partial charge in [-0.2, -0.15) is 5.10 Å². The van der Waals surface area contributed by atoms with Gasteiger partial charge < -0.3 is 9.84 Å². The molecule has 1 aromatic heterocycles. The number of benzene rings is 1. The largest absolute Gasteiger partial charge is 0.485 e. The maximum absolute atomic E-state index is 9.36. The van der Waals surface area contributed by atoms with Crippen LogP contribution in [0.3, 0.4) is 0 Å². The number of ether oxygens (including phenoxy) is 1. The van der Waals surface area contributed by atoms with Gasteiger partial charge in [0.1, 0.15) is 12.4 Å². The molecule has 0 saturated carbocycles. The Morgan fingerprint density at radius 1 is 1.38 bits per heavy atom. The summed E-state index contributed by atoms with van der Waals surface area (Å²) in [6.07, 6.45) is 2.95. The molecule has 6 heteroatoms. The topological polar surface area (TPSA) is 47.3 Å². The van der Waals surface area contributed by atoms with Crippen molar-refractivity contribution in [2.24, 2.45) is 0 Å². The van der Waals surface area contributed by atoms with Crippen molar-refractivity contribution in [3.05, 3.63) is 45.7 Å². The van der Waals surface area contributed by atoms with E-state index in [0.717, 1.165) is 12.1 Å². The molecule has 0 radical (unpaired) electrons. The lowest BCUT2D eigenvalue weighted by Gasteiger charge is -2.12. The summed E-state index contributed by atoms with van der Waals surface area (Å²) in [5, 5.41) is 14.7. The van der Waals surface area contributed by atoms with Crippen molar-refractivity contribution < 1.29 is 9.84 Å². The molecule has 1 unspecified atom stereocenters. The highest BCUT2D eigenvalue weighted by molar-refractivity contribution is 6.35. The molecule has 0 bridgehead atoms. The van der Waals surface area contributed by atoms with Gasteiger partial charge in [0.05, 0.1) is 17.3 Å². The second kappa shape index (κ2) is 7.16. The van der Waals surface area contributed by atoms with Crippen LogP contribution >= 0.6 is 23.2 Å². The quantitative estimate of drug-likeness (QED) is 0.863. The van der Waals surface area contributed by atoms with Gasteiger partial charge in [0.25, 0.3) is 0 Å². The highest BCUT2D eigenvalue weighted by atomic mass is 35.5. The van der Waals surface area contributed by atoms with Crippen LogP contribution in [-0.2, 0) is 13.2 Å². The van der Waals surface area contributed by atoms with Crippen molar-refractivity contribution in [1.82, 2.24) is 9.78 Å². The Balaban J connectivity index is 2.11. The van der Waals surface area contributed by atoms with Crippen LogP contribution in [0.15, 0.2) is 24.4 Å². The second-order valence-electron chi connectivity index (χ2n) is 4.87. The van der Waals surface area contributed by atoms with Crippen molar-refractivity contribution in [2.75, 3.05) is 0 Å². The Bertz CT molecular complexity index is 614. The molecule has 0 saturated heterocycles. The van der Waals surface area contributed by atoms with Gasteiger partial charge in [0, 0.05) is 22.8 Å². The summed E-state index contributed by atoms with van der Waals surface area (Å²) in [5.74, 6) is 0.446. The van der Waals surface area contributed by atoms with Crippen LogP contribution < -0.4 is 4.74 Å². The molecule has 1 heterocycles. The molecule has 1 N–H and O–H groups in total. The van der Waals surface area contributed by atoms with E-state index >= 15 is 0 Å². The van der Waals surface area contributed by atoms with Crippen molar-refractivity contribution >= 4 is 23.2 Å². The van der Waals surface area contributed by atoms with Crippen LogP contribution in [0.2, 0.25) is 10.0 Å². The summed E-state index contributed by atoms with van der Waals surface area (Å²) in [4.78, 5) is 0. The molecule has 1 atom stereocenters. The molecular weight excluding hydrogens is 311 g/mol. The number of hydrogen-bond donors (Lipinski definition) is 1. The normalized spacial score (nSPS) is 12.4. The van der Waals surface area contributed by atoms with E-state index in [-0.39, 0.29) is 13.2 Å². The summed E-state index contributed by atoms with van der Waals surface area (Å²) >= 11 is 12.0. The molecule has 2 aromatic rings. The number of hydrogen-bond acceptors (Lipinski definition) is 3. The third kappa shape index (κ3) is 3.90. The Labute approximate surface area is 134 Å². The molecule has 1 aromatic carbocycles. The van der Waals surface area contributed by atoms with Crippen molar-refractivity contribution in [2.45, 2.75) is 39.5 Å². The van der Waals surface area contributed by atoms with E-state index in [1.165, 1.54) is 0 Å². The van der Waals surface area contributed by atoms with Crippen LogP contribution in [0.4, 0.5) is 0 Å². The lowest BCUT2D eigenvalue weighted by molar-refractivity contribution is 0.257. The van der Waals surface area contributed by atoms with E-state index in [2.05, 4.69) is 18.9 Å². The number of aliphatic hydroxyl groups excluding tert-OH is 1. The van der Waals surface area contributed by atoms with Crippen molar-refractivity contribution in [1.29, 1.82) is 0 Å². The molecule has 21 heavy (non-hydrogen) atoms. The summed E-state index contributed by atoms with van der Waals surface area (Å²) in [7, 11) is 0. The Morgan fingerprint density at radius 2 is 2.14 bits per heavy atom. The zero-order valence-electron chi connectivity index (χ0n) is 12.0. The first-order valence-electron chi connectivity index (χ1n) is 6.80. The predicted octanol–water partition coefficient (Wildman–Crippen LogP) is 4.23. The predicted molar refractivity (Wildman–Crippen MR) is 83.9 cm³/mol. The molecule has 0 spiro atoms.